The first-order chi connectivity index (χ1) is 8.85. The predicted molar refractivity (Wildman–Crippen MR) is 74.8 cm³/mol. The lowest BCUT2D eigenvalue weighted by molar-refractivity contribution is -0.140. The van der Waals surface area contributed by atoms with Crippen LogP contribution in [0.5, 0.6) is 0 Å². The minimum atomic E-state index is -1.06. The Morgan fingerprint density at radius 1 is 1.26 bits per heavy atom. The number of carbonyl (C=O) groups excluding carboxylic acids is 1. The highest BCUT2D eigenvalue weighted by molar-refractivity contribution is 6.35. The van der Waals surface area contributed by atoms with Gasteiger partial charge in [-0.1, -0.05) is 43.5 Å². The summed E-state index contributed by atoms with van der Waals surface area (Å²) in [6.07, 6.45) is 0.646. The lowest BCUT2D eigenvalue weighted by atomic mass is 9.99. The highest BCUT2D eigenvalue weighted by Crippen LogP contribution is 2.19. The number of nitrogens with one attached hydrogen (secondary N) is 1. The Bertz CT molecular complexity index is 471. The number of carboxylic acids is 1. The van der Waals surface area contributed by atoms with E-state index in [2.05, 4.69) is 5.32 Å². The number of carboxylic acid groups (broad SMARTS) is 1. The lowest BCUT2D eigenvalue weighted by Crippen LogP contribution is -2.45. The minimum absolute atomic E-state index is 0.170. The number of aliphatic carboxylic acids is 1. The maximum absolute atomic E-state index is 12.0. The largest absolute Gasteiger partial charge is 0.480 e. The zero-order chi connectivity index (χ0) is 14.6. The summed E-state index contributed by atoms with van der Waals surface area (Å²) >= 11 is 11.6. The molecule has 1 aromatic carbocycles. The Morgan fingerprint density at radius 2 is 1.79 bits per heavy atom. The summed E-state index contributed by atoms with van der Waals surface area (Å²) in [6.45, 7) is 3.63. The normalized spacial score (nSPS) is 13.7. The third kappa shape index (κ3) is 4.40. The van der Waals surface area contributed by atoms with Crippen LogP contribution >= 0.6 is 23.2 Å². The maximum atomic E-state index is 12.0. The molecule has 0 aliphatic carbocycles. The van der Waals surface area contributed by atoms with Crippen molar-refractivity contribution < 1.29 is 14.7 Å². The van der Waals surface area contributed by atoms with E-state index in [1.807, 2.05) is 6.92 Å². The molecule has 0 spiro atoms. The van der Waals surface area contributed by atoms with Crippen molar-refractivity contribution in [1.82, 2.24) is 5.32 Å². The Morgan fingerprint density at radius 3 is 2.21 bits per heavy atom. The van der Waals surface area contributed by atoms with E-state index >= 15 is 0 Å². The number of hydrogen-bond donors (Lipinski definition) is 2. The van der Waals surface area contributed by atoms with E-state index in [0.717, 1.165) is 0 Å². The van der Waals surface area contributed by atoms with Crippen molar-refractivity contribution >= 4 is 35.1 Å². The fourth-order valence-electron chi connectivity index (χ4n) is 1.59. The topological polar surface area (TPSA) is 66.4 Å². The highest BCUT2D eigenvalue weighted by atomic mass is 35.5. The van der Waals surface area contributed by atoms with Gasteiger partial charge < -0.3 is 10.4 Å². The molecule has 0 aliphatic rings. The number of benzene rings is 1. The SMILES string of the molecule is CCC(C)[C@H](NC(=O)c1cc(Cl)cc(Cl)c1)C(=O)O. The lowest BCUT2D eigenvalue weighted by Gasteiger charge is -2.20. The van der Waals surface area contributed by atoms with E-state index in [1.54, 1.807) is 6.92 Å². The summed E-state index contributed by atoms with van der Waals surface area (Å²) in [5.74, 6) is -1.73. The van der Waals surface area contributed by atoms with Gasteiger partial charge in [0.25, 0.3) is 5.91 Å². The highest BCUT2D eigenvalue weighted by Gasteiger charge is 2.25. The molecule has 2 atom stereocenters. The van der Waals surface area contributed by atoms with Crippen molar-refractivity contribution in [3.05, 3.63) is 33.8 Å². The molecule has 0 heterocycles. The molecule has 1 rings (SSSR count). The van der Waals surface area contributed by atoms with Crippen molar-refractivity contribution in [3.63, 3.8) is 0 Å². The molecule has 0 saturated heterocycles. The first kappa shape index (κ1) is 15.8. The fourth-order valence-corrected chi connectivity index (χ4v) is 2.12. The van der Waals surface area contributed by atoms with Crippen LogP contribution in [0.1, 0.15) is 30.6 Å². The van der Waals surface area contributed by atoms with Crippen molar-refractivity contribution in [2.75, 3.05) is 0 Å². The number of carbonyl (C=O) groups is 2. The van der Waals surface area contributed by atoms with Gasteiger partial charge in [-0.05, 0) is 24.1 Å². The first-order valence-corrected chi connectivity index (χ1v) is 6.60. The van der Waals surface area contributed by atoms with Gasteiger partial charge in [0.15, 0.2) is 0 Å². The van der Waals surface area contributed by atoms with Crippen molar-refractivity contribution in [3.8, 4) is 0 Å². The van der Waals surface area contributed by atoms with Crippen LogP contribution in [-0.4, -0.2) is 23.0 Å². The van der Waals surface area contributed by atoms with Gasteiger partial charge in [-0.25, -0.2) is 4.79 Å². The molecule has 1 unspecified atom stereocenters. The van der Waals surface area contributed by atoms with Gasteiger partial charge >= 0.3 is 5.97 Å². The van der Waals surface area contributed by atoms with E-state index in [4.69, 9.17) is 28.3 Å². The van der Waals surface area contributed by atoms with Crippen LogP contribution in [0.15, 0.2) is 18.2 Å². The zero-order valence-electron chi connectivity index (χ0n) is 10.6. The van der Waals surface area contributed by atoms with E-state index in [9.17, 15) is 9.59 Å². The molecule has 2 N–H and O–H groups in total. The van der Waals surface area contributed by atoms with Crippen LogP contribution in [0.25, 0.3) is 0 Å². The molecular weight excluding hydrogens is 289 g/mol. The summed E-state index contributed by atoms with van der Waals surface area (Å²) in [7, 11) is 0. The molecule has 4 nitrogen and oxygen atoms in total. The number of amides is 1. The fraction of sp³-hybridized carbons (Fsp3) is 0.385. The molecule has 0 saturated carbocycles. The third-order valence-electron chi connectivity index (χ3n) is 2.89. The minimum Gasteiger partial charge on any atom is -0.480 e. The first-order valence-electron chi connectivity index (χ1n) is 5.85. The van der Waals surface area contributed by atoms with Gasteiger partial charge in [-0.2, -0.15) is 0 Å². The van der Waals surface area contributed by atoms with Crippen LogP contribution in [0.4, 0.5) is 0 Å². The van der Waals surface area contributed by atoms with Crippen molar-refractivity contribution in [2.45, 2.75) is 26.3 Å². The Balaban J connectivity index is 2.90. The van der Waals surface area contributed by atoms with Crippen molar-refractivity contribution in [1.29, 1.82) is 0 Å². The number of halogens is 2. The Labute approximate surface area is 121 Å². The second-order valence-electron chi connectivity index (χ2n) is 4.33. The molecule has 19 heavy (non-hydrogen) atoms. The Kier molecular flexibility index (Phi) is 5.63. The van der Waals surface area contributed by atoms with Crippen LogP contribution in [0, 0.1) is 5.92 Å². The molecular formula is C13H15Cl2NO3. The van der Waals surface area contributed by atoms with E-state index in [1.165, 1.54) is 18.2 Å². The third-order valence-corrected chi connectivity index (χ3v) is 3.33. The molecule has 0 bridgehead atoms. The number of rotatable bonds is 5. The average Bonchev–Trinajstić information content (AvgIpc) is 2.33. The van der Waals surface area contributed by atoms with Gasteiger partial charge in [0.1, 0.15) is 6.04 Å². The van der Waals surface area contributed by atoms with Crippen molar-refractivity contribution in [2.24, 2.45) is 5.92 Å². The summed E-state index contributed by atoms with van der Waals surface area (Å²) in [6, 6.07) is 3.45. The average molecular weight is 304 g/mol. The zero-order valence-corrected chi connectivity index (χ0v) is 12.1. The predicted octanol–water partition coefficient (Wildman–Crippen LogP) is 3.22. The molecule has 0 aromatic heterocycles. The van der Waals surface area contributed by atoms with Gasteiger partial charge in [-0.3, -0.25) is 4.79 Å². The monoisotopic (exact) mass is 303 g/mol. The van der Waals surface area contributed by atoms with Crippen LogP contribution in [0.3, 0.4) is 0 Å². The van der Waals surface area contributed by atoms with Crippen LogP contribution in [-0.2, 0) is 4.79 Å². The molecule has 1 amide bonds. The second-order valence-corrected chi connectivity index (χ2v) is 5.21. The maximum Gasteiger partial charge on any atom is 0.326 e. The van der Waals surface area contributed by atoms with Gasteiger partial charge in [0.2, 0.25) is 0 Å². The summed E-state index contributed by atoms with van der Waals surface area (Å²) < 4.78 is 0. The van der Waals surface area contributed by atoms with E-state index < -0.39 is 17.9 Å². The van der Waals surface area contributed by atoms with Crippen LogP contribution in [0.2, 0.25) is 10.0 Å². The molecule has 6 heteroatoms. The molecule has 1 aromatic rings. The summed E-state index contributed by atoms with van der Waals surface area (Å²) in [4.78, 5) is 23.1. The summed E-state index contributed by atoms with van der Waals surface area (Å²) in [5, 5.41) is 12.2. The molecule has 0 fully saturated rings. The summed E-state index contributed by atoms with van der Waals surface area (Å²) in [5.41, 5.74) is 0.243. The number of hydrogen-bond acceptors (Lipinski definition) is 2. The standard InChI is InChI=1S/C13H15Cl2NO3/c1-3-7(2)11(13(18)19)16-12(17)8-4-9(14)6-10(15)5-8/h4-7,11H,3H2,1-2H3,(H,16,17)(H,18,19)/t7?,11-/m0/s1. The Hall–Kier alpha value is -1.26. The van der Waals surface area contributed by atoms with Gasteiger partial charge in [0, 0.05) is 15.6 Å². The molecule has 0 radical (unpaired) electrons. The molecule has 0 aliphatic heterocycles. The van der Waals surface area contributed by atoms with E-state index in [-0.39, 0.29) is 11.5 Å². The van der Waals surface area contributed by atoms with Gasteiger partial charge in [-0.15, -0.1) is 0 Å². The van der Waals surface area contributed by atoms with Gasteiger partial charge in [0.05, 0.1) is 0 Å². The van der Waals surface area contributed by atoms with Crippen LogP contribution < -0.4 is 5.32 Å². The van der Waals surface area contributed by atoms with E-state index in [0.29, 0.717) is 16.5 Å². The molecule has 104 valence electrons. The smallest absolute Gasteiger partial charge is 0.326 e. The second kappa shape index (κ2) is 6.78. The quantitative estimate of drug-likeness (QED) is 0.877.